The van der Waals surface area contributed by atoms with Crippen molar-refractivity contribution < 1.29 is 124 Å². The summed E-state index contributed by atoms with van der Waals surface area (Å²) in [5.74, 6) is -8.22. The third-order valence-corrected chi connectivity index (χ3v) is 20.5. The molecule has 37 heteroatoms. The maximum Gasteiger partial charge on any atom is 0.410 e. The lowest BCUT2D eigenvalue weighted by Gasteiger charge is -2.41. The first kappa shape index (κ1) is 97.0. The Morgan fingerprint density at radius 3 is 1.87 bits per heavy atom. The number of benzene rings is 2. The van der Waals surface area contributed by atoms with Crippen LogP contribution in [0.25, 0.3) is 0 Å². The molecule has 36 nitrogen and oxygen atoms in total. The molecule has 4 rings (SSSR count). The molecule has 112 heavy (non-hydrogen) atoms. The van der Waals surface area contributed by atoms with Gasteiger partial charge in [-0.15, -0.1) is 0 Å². The standard InChI is InChI=1S/C75H124N10O26S/c1-16-45(8)62(55(103-14)38-58(88)85-28-20-23-53(85)67(104-15)46(9)68(93)78-47(10)63(89)50-21-18-17-19-22-50)83(12)73(98)60(43(4)5)82-72(97)61(44(6)7)84(13)75(99)109-40-49-24-25-52(54(37-49)110-74-66(92)65(91)64(90)56(39-86)111-74)80-69(94)48(11)79-71(96)59(42(2)3)81-57(87)26-29-105-31-33-107-35-36-108-34-32-106-30-27-77-70(95)51(76)41-112(100,101)102/h17-19,21-22,24-25,37,42-48,51,53,55-56,59-67,74,86,89-92H,16,20,23,26-36,38-41,76H2,1-15H3,(H,77,95)(H,78,93)(H,79,96)(H,80,94)(H,81,87)(H,82,97)(H,100,101,102)/t45-,46+,47+,48-,51-,53-,55+,56+,59-,60-,61-,62-,63+,64+,65-,66+,67+,74+/m0/s1. The van der Waals surface area contributed by atoms with Crippen LogP contribution >= 0.6 is 0 Å². The second kappa shape index (κ2) is 48.1. The zero-order valence-corrected chi connectivity index (χ0v) is 68.0. The number of rotatable bonds is 49. The maximum absolute atomic E-state index is 14.9. The number of hydrogen-bond donors (Lipinski definition) is 13. The molecule has 14 N–H and O–H groups in total. The SMILES string of the molecule is CC[C@H](C)[C@@H]([C@@H](CC(=O)N1CCC[C@H]1[C@H](OC)[C@@H](C)C(=O)N[C@H](C)[C@@H](O)c1ccccc1)OC)N(C)C(=O)[C@@H](NC(=O)[C@H](C(C)C)N(C)C(=O)OCc1ccc(NC(=O)[C@H](C)NC(=O)[C@@H](NC(=O)CCOCCOCCOCCOCCNC(=O)[C@@H](N)CS(=O)(=O)O)C(C)C)c(O[C@@H]2O[C@H](CO)[C@@H](O)[C@H](O)[C@H]2O)c1)C(C)C. The molecule has 2 heterocycles. The number of aliphatic hydroxyl groups excluding tert-OH is 5. The summed E-state index contributed by atoms with van der Waals surface area (Å²) >= 11 is 0. The maximum atomic E-state index is 14.9. The summed E-state index contributed by atoms with van der Waals surface area (Å²) in [6, 6.07) is 5.10. The number of amides is 9. The predicted molar refractivity (Wildman–Crippen MR) is 408 cm³/mol. The number of carbonyl (C=O) groups excluding carboxylic acids is 9. The molecular formula is C75H124N10O26S. The Bertz CT molecular complexity index is 3400. The van der Waals surface area contributed by atoms with Crippen LogP contribution in [0.15, 0.2) is 48.5 Å². The van der Waals surface area contributed by atoms with E-state index < -0.39 is 192 Å². The van der Waals surface area contributed by atoms with E-state index in [2.05, 4.69) is 31.9 Å². The summed E-state index contributed by atoms with van der Waals surface area (Å²) in [4.78, 5) is 129. The summed E-state index contributed by atoms with van der Waals surface area (Å²) in [7, 11) is 1.50. The number of methoxy groups -OCH3 is 2. The van der Waals surface area contributed by atoms with E-state index >= 15 is 0 Å². The Morgan fingerprint density at radius 2 is 1.30 bits per heavy atom. The molecule has 2 aromatic carbocycles. The second-order valence-electron chi connectivity index (χ2n) is 29.3. The molecule has 2 aliphatic rings. The number of carbonyl (C=O) groups is 9. The van der Waals surface area contributed by atoms with Crippen molar-refractivity contribution in [3.63, 3.8) is 0 Å². The third kappa shape index (κ3) is 30.1. The number of nitrogens with one attached hydrogen (secondary N) is 6. The number of hydrogen-bond acceptors (Lipinski definition) is 26. The van der Waals surface area contributed by atoms with Crippen LogP contribution < -0.4 is 42.4 Å². The van der Waals surface area contributed by atoms with Gasteiger partial charge in [0.25, 0.3) is 10.1 Å². The molecule has 2 aromatic rings. The van der Waals surface area contributed by atoms with Crippen molar-refractivity contribution in [3.05, 3.63) is 59.7 Å². The first-order chi connectivity index (χ1) is 52.8. The molecule has 0 aliphatic carbocycles. The zero-order chi connectivity index (χ0) is 83.9. The quantitative estimate of drug-likeness (QED) is 0.0309. The van der Waals surface area contributed by atoms with Gasteiger partial charge in [-0.1, -0.05) is 105 Å². The van der Waals surface area contributed by atoms with Crippen LogP contribution in [0.2, 0.25) is 0 Å². The van der Waals surface area contributed by atoms with Crippen molar-refractivity contribution in [1.29, 1.82) is 0 Å². The normalized spacial score (nSPS) is 20.5. The Kier molecular flexibility index (Phi) is 41.7. The van der Waals surface area contributed by atoms with Crippen LogP contribution in [0.5, 0.6) is 5.75 Å². The molecule has 0 aromatic heterocycles. The molecular weight excluding hydrogens is 1490 g/mol. The number of likely N-dealkylation sites (tertiary alicyclic amines) is 1. The molecule has 0 saturated carbocycles. The Labute approximate surface area is 656 Å². The minimum Gasteiger partial charge on any atom is -0.460 e. The largest absolute Gasteiger partial charge is 0.460 e. The molecule has 18 atom stereocenters. The minimum absolute atomic E-state index is 0.0190. The lowest BCUT2D eigenvalue weighted by atomic mass is 9.89. The molecule has 0 unspecified atom stereocenters. The first-order valence-electron chi connectivity index (χ1n) is 38.0. The zero-order valence-electron chi connectivity index (χ0n) is 67.1. The fourth-order valence-electron chi connectivity index (χ4n) is 13.1. The van der Waals surface area contributed by atoms with Crippen molar-refractivity contribution in [2.24, 2.45) is 35.3 Å². The van der Waals surface area contributed by atoms with Crippen molar-refractivity contribution in [1.82, 2.24) is 41.3 Å². The highest BCUT2D eigenvalue weighted by Gasteiger charge is 2.47. The lowest BCUT2D eigenvalue weighted by Crippen LogP contribution is -2.60. The van der Waals surface area contributed by atoms with Gasteiger partial charge in [-0.05, 0) is 73.6 Å². The summed E-state index contributed by atoms with van der Waals surface area (Å²) in [5.41, 5.74) is 6.19. The van der Waals surface area contributed by atoms with Crippen LogP contribution in [-0.2, 0) is 93.0 Å². The molecule has 9 amide bonds. The molecule has 0 spiro atoms. The Hall–Kier alpha value is -7.34. The fourth-order valence-corrected chi connectivity index (χ4v) is 13.7. The van der Waals surface area contributed by atoms with Gasteiger partial charge in [0.05, 0.1) is 120 Å². The number of ether oxygens (including phenoxy) is 9. The first-order valence-corrected chi connectivity index (χ1v) is 39.6. The van der Waals surface area contributed by atoms with E-state index in [9.17, 15) is 77.1 Å². The smallest absolute Gasteiger partial charge is 0.410 e. The Morgan fingerprint density at radius 1 is 0.696 bits per heavy atom. The molecule has 0 bridgehead atoms. The van der Waals surface area contributed by atoms with Crippen molar-refractivity contribution in [2.45, 2.75) is 212 Å². The molecule has 2 saturated heterocycles. The molecule has 2 aliphatic heterocycles. The fraction of sp³-hybridized carbons (Fsp3) is 0.720. The summed E-state index contributed by atoms with van der Waals surface area (Å²) in [6.07, 6.45) is -10.7. The summed E-state index contributed by atoms with van der Waals surface area (Å²) in [5, 5.41) is 69.3. The van der Waals surface area contributed by atoms with Gasteiger partial charge < -0.3 is 116 Å². The van der Waals surface area contributed by atoms with E-state index in [-0.39, 0.29) is 107 Å². The Balaban J connectivity index is 1.38. The van der Waals surface area contributed by atoms with E-state index in [1.165, 1.54) is 51.3 Å². The van der Waals surface area contributed by atoms with Gasteiger partial charge in [0.1, 0.15) is 67.0 Å². The van der Waals surface area contributed by atoms with Crippen LogP contribution in [0.1, 0.15) is 125 Å². The minimum atomic E-state index is -4.40. The van der Waals surface area contributed by atoms with E-state index in [0.29, 0.717) is 31.4 Å². The van der Waals surface area contributed by atoms with Crippen LogP contribution in [0.3, 0.4) is 0 Å². The van der Waals surface area contributed by atoms with E-state index in [4.69, 9.17) is 52.9 Å². The van der Waals surface area contributed by atoms with Gasteiger partial charge in [-0.25, -0.2) is 4.79 Å². The average molecular weight is 1610 g/mol. The lowest BCUT2D eigenvalue weighted by molar-refractivity contribution is -0.277. The highest BCUT2D eigenvalue weighted by molar-refractivity contribution is 7.85. The van der Waals surface area contributed by atoms with E-state index in [0.717, 1.165) is 4.90 Å². The van der Waals surface area contributed by atoms with Crippen molar-refractivity contribution in [2.75, 3.05) is 112 Å². The number of nitrogens with two attached hydrogens (primary N) is 1. The van der Waals surface area contributed by atoms with E-state index in [1.54, 1.807) is 91.6 Å². The summed E-state index contributed by atoms with van der Waals surface area (Å²) < 4.78 is 81.8. The van der Waals surface area contributed by atoms with Crippen LogP contribution in [0, 0.1) is 29.6 Å². The van der Waals surface area contributed by atoms with Crippen molar-refractivity contribution >= 4 is 69.2 Å². The molecule has 636 valence electrons. The van der Waals surface area contributed by atoms with Crippen LogP contribution in [0.4, 0.5) is 10.5 Å². The van der Waals surface area contributed by atoms with Crippen molar-refractivity contribution in [3.8, 4) is 5.75 Å². The number of anilines is 1. The summed E-state index contributed by atoms with van der Waals surface area (Å²) in [6.45, 7) is 19.4. The molecule has 0 radical (unpaired) electrons. The average Bonchev–Trinajstić information content (AvgIpc) is 1.62. The number of aliphatic hydroxyl groups is 5. The van der Waals surface area contributed by atoms with Gasteiger partial charge in [0.15, 0.2) is 0 Å². The van der Waals surface area contributed by atoms with Gasteiger partial charge in [-0.2, -0.15) is 8.42 Å². The number of likely N-dealkylation sites (N-methyl/N-ethyl adjacent to an activating group) is 2. The predicted octanol–water partition coefficient (Wildman–Crippen LogP) is 0.129. The number of nitrogens with zero attached hydrogens (tertiary/aromatic N) is 3. The van der Waals surface area contributed by atoms with Gasteiger partial charge in [0.2, 0.25) is 53.5 Å². The third-order valence-electron chi connectivity index (χ3n) is 19.7. The van der Waals surface area contributed by atoms with Crippen LogP contribution in [-0.4, -0.2) is 304 Å². The van der Waals surface area contributed by atoms with E-state index in [1.807, 2.05) is 19.9 Å². The molecule has 2 fully saturated rings. The monoisotopic (exact) mass is 1610 g/mol. The highest BCUT2D eigenvalue weighted by Crippen LogP contribution is 2.34. The van der Waals surface area contributed by atoms with Gasteiger partial charge >= 0.3 is 6.09 Å². The van der Waals surface area contributed by atoms with Gasteiger partial charge in [0, 0.05) is 47.8 Å². The highest BCUT2D eigenvalue weighted by atomic mass is 32.2. The topological polar surface area (TPSA) is 500 Å². The van der Waals surface area contributed by atoms with Gasteiger partial charge in [-0.3, -0.25) is 47.8 Å². The second-order valence-corrected chi connectivity index (χ2v) is 30.8.